The van der Waals surface area contributed by atoms with Crippen molar-refractivity contribution in [1.82, 2.24) is 0 Å². The van der Waals surface area contributed by atoms with E-state index < -0.39 is 19.0 Å². The Morgan fingerprint density at radius 2 is 2.06 bits per heavy atom. The summed E-state index contributed by atoms with van der Waals surface area (Å²) >= 11 is 3.27. The van der Waals surface area contributed by atoms with Crippen molar-refractivity contribution in [2.75, 3.05) is 13.3 Å². The second kappa shape index (κ2) is 4.46. The molecule has 17 heavy (non-hydrogen) atoms. The number of rotatable bonds is 2. The van der Waals surface area contributed by atoms with Crippen molar-refractivity contribution in [3.05, 3.63) is 34.3 Å². The highest BCUT2D eigenvalue weighted by atomic mass is 79.9. The molecule has 5 heteroatoms. The zero-order valence-electron chi connectivity index (χ0n) is 8.71. The average molecular weight is 300 g/mol. The van der Waals surface area contributed by atoms with E-state index in [9.17, 15) is 8.78 Å². The fourth-order valence-electron chi connectivity index (χ4n) is 1.65. The topological polar surface area (TPSA) is 33.0 Å². The molecule has 1 heterocycles. The molecule has 1 aliphatic rings. The number of fused-ring (bicyclic) bond motifs is 1. The van der Waals surface area contributed by atoms with E-state index >= 15 is 0 Å². The van der Waals surface area contributed by atoms with E-state index in [0.29, 0.717) is 11.3 Å². The summed E-state index contributed by atoms with van der Waals surface area (Å²) < 4.78 is 31.9. The highest BCUT2D eigenvalue weighted by Crippen LogP contribution is 2.37. The zero-order valence-corrected chi connectivity index (χ0v) is 10.3. The van der Waals surface area contributed by atoms with Crippen LogP contribution in [0.15, 0.2) is 28.7 Å². The Bertz CT molecular complexity index is 518. The summed E-state index contributed by atoms with van der Waals surface area (Å²) in [5.74, 6) is 0.322. The molecule has 0 fully saturated rings. The van der Waals surface area contributed by atoms with Crippen LogP contribution in [0.1, 0.15) is 5.56 Å². The first-order valence-corrected chi connectivity index (χ1v) is 5.67. The quantitative estimate of drug-likeness (QED) is 0.838. The standard InChI is InChI=1S/C12H8BrF2NO/c13-9-1-2-11-10(3-9)8(5-16)4-12(6-14,7-15)17-11/h1-4H,6-7H2. The Morgan fingerprint density at radius 3 is 2.65 bits per heavy atom. The number of benzene rings is 1. The van der Waals surface area contributed by atoms with E-state index in [0.717, 1.165) is 4.47 Å². The van der Waals surface area contributed by atoms with Crippen LogP contribution in [0.25, 0.3) is 5.57 Å². The van der Waals surface area contributed by atoms with Gasteiger partial charge in [-0.1, -0.05) is 15.9 Å². The van der Waals surface area contributed by atoms with E-state index in [1.807, 2.05) is 6.07 Å². The van der Waals surface area contributed by atoms with Crippen molar-refractivity contribution in [3.8, 4) is 11.8 Å². The van der Waals surface area contributed by atoms with E-state index in [2.05, 4.69) is 15.9 Å². The lowest BCUT2D eigenvalue weighted by molar-refractivity contribution is 0.0595. The fraction of sp³-hybridized carbons (Fsp3) is 0.250. The Hall–Kier alpha value is -1.41. The highest BCUT2D eigenvalue weighted by Gasteiger charge is 2.36. The van der Waals surface area contributed by atoms with Gasteiger partial charge in [-0.3, -0.25) is 0 Å². The van der Waals surface area contributed by atoms with E-state index in [1.165, 1.54) is 6.08 Å². The molecular weight excluding hydrogens is 292 g/mol. The molecule has 2 nitrogen and oxygen atoms in total. The Morgan fingerprint density at radius 1 is 1.35 bits per heavy atom. The lowest BCUT2D eigenvalue weighted by atomic mass is 9.94. The molecule has 2 rings (SSSR count). The van der Waals surface area contributed by atoms with Crippen LogP contribution in [0.2, 0.25) is 0 Å². The molecule has 1 aromatic carbocycles. The highest BCUT2D eigenvalue weighted by molar-refractivity contribution is 9.10. The maximum absolute atomic E-state index is 12.9. The largest absolute Gasteiger partial charge is 0.477 e. The third-order valence-electron chi connectivity index (χ3n) is 2.53. The van der Waals surface area contributed by atoms with Gasteiger partial charge < -0.3 is 4.74 Å². The Balaban J connectivity index is 2.58. The van der Waals surface area contributed by atoms with Gasteiger partial charge >= 0.3 is 0 Å². The average Bonchev–Trinajstić information content (AvgIpc) is 2.37. The van der Waals surface area contributed by atoms with Crippen LogP contribution in [0.3, 0.4) is 0 Å². The summed E-state index contributed by atoms with van der Waals surface area (Å²) in [4.78, 5) is 0. The van der Waals surface area contributed by atoms with Crippen molar-refractivity contribution in [3.63, 3.8) is 0 Å². The van der Waals surface area contributed by atoms with Gasteiger partial charge in [-0.15, -0.1) is 0 Å². The van der Waals surface area contributed by atoms with Gasteiger partial charge in [-0.05, 0) is 24.3 Å². The number of hydrogen-bond acceptors (Lipinski definition) is 2. The van der Waals surface area contributed by atoms with Gasteiger partial charge in [0.1, 0.15) is 19.1 Å². The second-order valence-electron chi connectivity index (χ2n) is 3.74. The van der Waals surface area contributed by atoms with Gasteiger partial charge in [0.15, 0.2) is 5.60 Å². The van der Waals surface area contributed by atoms with Crippen molar-refractivity contribution < 1.29 is 13.5 Å². The minimum atomic E-state index is -1.66. The summed E-state index contributed by atoms with van der Waals surface area (Å²) in [6.07, 6.45) is 1.21. The number of alkyl halides is 2. The molecule has 1 aromatic rings. The van der Waals surface area contributed by atoms with Gasteiger partial charge in [0.05, 0.1) is 11.6 Å². The number of halogens is 3. The predicted molar refractivity (Wildman–Crippen MR) is 63.0 cm³/mol. The van der Waals surface area contributed by atoms with Crippen molar-refractivity contribution in [2.24, 2.45) is 0 Å². The first-order chi connectivity index (χ1) is 8.14. The number of allylic oxidation sites excluding steroid dienone is 1. The van der Waals surface area contributed by atoms with Gasteiger partial charge in [-0.25, -0.2) is 8.78 Å². The smallest absolute Gasteiger partial charge is 0.185 e. The maximum Gasteiger partial charge on any atom is 0.185 e. The monoisotopic (exact) mass is 299 g/mol. The summed E-state index contributed by atoms with van der Waals surface area (Å²) in [5.41, 5.74) is -0.895. The Labute approximate surface area is 106 Å². The molecule has 0 atom stereocenters. The van der Waals surface area contributed by atoms with Crippen LogP contribution in [-0.4, -0.2) is 19.0 Å². The molecule has 0 saturated heterocycles. The molecule has 0 aromatic heterocycles. The minimum Gasteiger partial charge on any atom is -0.477 e. The van der Waals surface area contributed by atoms with Gasteiger partial charge in [0, 0.05) is 10.0 Å². The Kier molecular flexibility index (Phi) is 3.16. The van der Waals surface area contributed by atoms with Crippen LogP contribution in [0, 0.1) is 11.3 Å². The molecule has 0 saturated carbocycles. The number of nitriles is 1. The first-order valence-electron chi connectivity index (χ1n) is 4.88. The lowest BCUT2D eigenvalue weighted by Gasteiger charge is -2.31. The van der Waals surface area contributed by atoms with Crippen molar-refractivity contribution in [2.45, 2.75) is 5.60 Å². The van der Waals surface area contributed by atoms with E-state index in [-0.39, 0.29) is 5.57 Å². The molecular formula is C12H8BrF2NO. The summed E-state index contributed by atoms with van der Waals surface area (Å²) in [6, 6.07) is 6.90. The van der Waals surface area contributed by atoms with Gasteiger partial charge in [0.25, 0.3) is 0 Å². The van der Waals surface area contributed by atoms with Crippen molar-refractivity contribution in [1.29, 1.82) is 5.26 Å². The molecule has 0 spiro atoms. The molecule has 88 valence electrons. The molecule has 1 aliphatic heterocycles. The number of ether oxygens (including phenoxy) is 1. The van der Waals surface area contributed by atoms with Crippen LogP contribution >= 0.6 is 15.9 Å². The van der Waals surface area contributed by atoms with E-state index in [4.69, 9.17) is 10.00 Å². The number of hydrogen-bond donors (Lipinski definition) is 0. The van der Waals surface area contributed by atoms with Crippen LogP contribution in [0.5, 0.6) is 5.75 Å². The molecule has 0 radical (unpaired) electrons. The summed E-state index contributed by atoms with van der Waals surface area (Å²) in [5, 5.41) is 9.02. The van der Waals surface area contributed by atoms with Gasteiger partial charge in [-0.2, -0.15) is 5.26 Å². The number of nitrogens with zero attached hydrogens (tertiary/aromatic N) is 1. The third-order valence-corrected chi connectivity index (χ3v) is 3.02. The summed E-state index contributed by atoms with van der Waals surface area (Å²) in [7, 11) is 0. The van der Waals surface area contributed by atoms with Crippen LogP contribution in [0.4, 0.5) is 8.78 Å². The summed E-state index contributed by atoms with van der Waals surface area (Å²) in [6.45, 7) is -2.02. The fourth-order valence-corrected chi connectivity index (χ4v) is 2.01. The van der Waals surface area contributed by atoms with E-state index in [1.54, 1.807) is 18.2 Å². The SMILES string of the molecule is N#CC1=CC(CF)(CF)Oc2ccc(Br)cc21. The first kappa shape index (κ1) is 12.1. The second-order valence-corrected chi connectivity index (χ2v) is 4.66. The molecule has 0 unspecified atom stereocenters. The van der Waals surface area contributed by atoms with Gasteiger partial charge in [0.2, 0.25) is 0 Å². The third kappa shape index (κ3) is 2.05. The molecule has 0 N–H and O–H groups in total. The van der Waals surface area contributed by atoms with Crippen LogP contribution in [-0.2, 0) is 0 Å². The predicted octanol–water partition coefficient (Wildman–Crippen LogP) is 3.43. The lowest BCUT2D eigenvalue weighted by Crippen LogP contribution is -2.41. The maximum atomic E-state index is 12.9. The minimum absolute atomic E-state index is 0.225. The van der Waals surface area contributed by atoms with Crippen LogP contribution < -0.4 is 4.74 Å². The molecule has 0 bridgehead atoms. The molecule has 0 amide bonds. The van der Waals surface area contributed by atoms with Crippen molar-refractivity contribution >= 4 is 21.5 Å². The molecule has 0 aliphatic carbocycles. The normalized spacial score (nSPS) is 16.5. The zero-order chi connectivity index (χ0) is 12.5.